The Morgan fingerprint density at radius 3 is 1.72 bits per heavy atom. The van der Waals surface area contributed by atoms with Crippen molar-refractivity contribution in [3.05, 3.63) is 12.2 Å². The minimum atomic E-state index is 0.280. The maximum atomic E-state index is 2.57. The molecule has 0 nitrogen and oxygen atoms in total. The van der Waals surface area contributed by atoms with Gasteiger partial charge in [-0.1, -0.05) is 125 Å². The summed E-state index contributed by atoms with van der Waals surface area (Å²) < 4.78 is 0. The molecule has 0 radical (unpaired) electrons. The molecule has 2 atom stereocenters. The van der Waals surface area contributed by atoms with Crippen LogP contribution in [0.3, 0.4) is 0 Å². The minimum Gasteiger partial charge on any atom is -0.0914 e. The van der Waals surface area contributed by atoms with E-state index in [9.17, 15) is 0 Å². The zero-order chi connectivity index (χ0) is 23.5. The molecule has 2 unspecified atom stereocenters. The molecule has 0 spiro atoms. The maximum absolute atomic E-state index is 2.57. The third-order valence-electron chi connectivity index (χ3n) is 9.96. The summed E-state index contributed by atoms with van der Waals surface area (Å²) in [5, 5.41) is 0.298. The summed E-state index contributed by atoms with van der Waals surface area (Å²) >= 11 is 0. The molecule has 0 aliphatic rings. The van der Waals surface area contributed by atoms with Crippen LogP contribution in [0.4, 0.5) is 0 Å². The first-order valence-electron chi connectivity index (χ1n) is 12.4. The minimum absolute atomic E-state index is 0.280. The Kier molecular flexibility index (Phi) is 10.0. The molecule has 0 aromatic carbocycles. The lowest BCUT2D eigenvalue weighted by Gasteiger charge is -2.56. The fraction of sp³-hybridized carbons (Fsp3) is 0.923. The Morgan fingerprint density at radius 2 is 1.34 bits per heavy atom. The standard InChI is InChI=1S/C26H55B3/c1-14-16-20(5)22(6,7)17-21(29-15-2)25(12,13)23(8,9)18-26(27,28)24(10,11)19(3)4/h14,16,19-21,29H,15,17-18,27-28H2,1-13H3. The van der Waals surface area contributed by atoms with Crippen LogP contribution in [-0.4, -0.2) is 23.0 Å². The molecule has 0 saturated heterocycles. The molecule has 0 N–H and O–H groups in total. The lowest BCUT2D eigenvalue weighted by molar-refractivity contribution is 0.0406. The van der Waals surface area contributed by atoms with Crippen LogP contribution < -0.4 is 0 Å². The van der Waals surface area contributed by atoms with E-state index in [4.69, 9.17) is 0 Å². The Hall–Kier alpha value is -0.0652. The smallest absolute Gasteiger partial charge is 0.0914 e. The van der Waals surface area contributed by atoms with Gasteiger partial charge in [-0.3, -0.25) is 0 Å². The Bertz CT molecular complexity index is 524. The quantitative estimate of drug-likeness (QED) is 0.250. The number of hydrogen-bond acceptors (Lipinski definition) is 0. The van der Waals surface area contributed by atoms with Crippen molar-refractivity contribution in [1.29, 1.82) is 0 Å². The molecule has 0 aromatic rings. The highest BCUT2D eigenvalue weighted by molar-refractivity contribution is 6.40. The second-order valence-electron chi connectivity index (χ2n) is 13.5. The molecule has 0 amide bonds. The predicted molar refractivity (Wildman–Crippen MR) is 144 cm³/mol. The van der Waals surface area contributed by atoms with Crippen molar-refractivity contribution in [1.82, 2.24) is 0 Å². The van der Waals surface area contributed by atoms with E-state index in [0.717, 1.165) is 5.82 Å². The van der Waals surface area contributed by atoms with Crippen LogP contribution in [0, 0.1) is 33.5 Å². The molecular formula is C26H55B3. The molecule has 0 heterocycles. The van der Waals surface area contributed by atoms with E-state index in [1.165, 1.54) is 26.4 Å². The summed E-state index contributed by atoms with van der Waals surface area (Å²) in [6, 6.07) is 0. The average molecular weight is 400 g/mol. The van der Waals surface area contributed by atoms with Crippen molar-refractivity contribution < 1.29 is 0 Å². The van der Waals surface area contributed by atoms with E-state index < -0.39 is 0 Å². The number of rotatable bonds is 12. The highest BCUT2D eigenvalue weighted by Crippen LogP contribution is 2.60. The average Bonchev–Trinajstić information content (AvgIpc) is 2.52. The van der Waals surface area contributed by atoms with E-state index in [2.05, 4.69) is 118 Å². The Labute approximate surface area is 188 Å². The first kappa shape index (κ1) is 28.9. The van der Waals surface area contributed by atoms with Gasteiger partial charge in [0.25, 0.3) is 0 Å². The molecule has 3 heteroatoms. The SMILES string of the molecule is BC(B)(CC(C)(C)C(C)(C)C(BCC)CC(C)(C)C(C)C=CC)C(C)(C)C(C)C. The first-order chi connectivity index (χ1) is 12.8. The third kappa shape index (κ3) is 6.71. The van der Waals surface area contributed by atoms with Crippen molar-refractivity contribution in [3.8, 4) is 0 Å². The lowest BCUT2D eigenvalue weighted by atomic mass is 9.34. The van der Waals surface area contributed by atoms with E-state index in [1.54, 1.807) is 0 Å². The van der Waals surface area contributed by atoms with Crippen molar-refractivity contribution in [2.45, 2.75) is 120 Å². The van der Waals surface area contributed by atoms with Crippen LogP contribution in [0.5, 0.6) is 0 Å². The summed E-state index contributed by atoms with van der Waals surface area (Å²) in [5.41, 5.74) is 1.22. The highest BCUT2D eigenvalue weighted by Gasteiger charge is 2.49. The molecule has 0 bridgehead atoms. The van der Waals surface area contributed by atoms with E-state index >= 15 is 0 Å². The lowest BCUT2D eigenvalue weighted by Crippen LogP contribution is -2.46. The Balaban J connectivity index is 5.90. The fourth-order valence-electron chi connectivity index (χ4n) is 5.33. The van der Waals surface area contributed by atoms with Crippen LogP contribution in [-0.2, 0) is 0 Å². The van der Waals surface area contributed by atoms with E-state index in [1.807, 2.05) is 0 Å². The van der Waals surface area contributed by atoms with Crippen LogP contribution >= 0.6 is 0 Å². The zero-order valence-electron chi connectivity index (χ0n) is 23.2. The summed E-state index contributed by atoms with van der Waals surface area (Å²) in [5.74, 6) is 2.04. The van der Waals surface area contributed by atoms with Gasteiger partial charge in [0.1, 0.15) is 7.28 Å². The molecule has 0 aliphatic heterocycles. The van der Waals surface area contributed by atoms with Gasteiger partial charge in [-0.25, -0.2) is 0 Å². The van der Waals surface area contributed by atoms with Gasteiger partial charge in [0.15, 0.2) is 0 Å². The first-order valence-corrected chi connectivity index (χ1v) is 12.4. The summed E-state index contributed by atoms with van der Waals surface area (Å²) in [6.07, 6.45) is 8.47. The molecule has 0 rings (SSSR count). The second-order valence-corrected chi connectivity index (χ2v) is 13.5. The molecule has 0 aromatic heterocycles. The normalized spacial score (nSPS) is 17.0. The van der Waals surface area contributed by atoms with Crippen molar-refractivity contribution in [2.75, 3.05) is 0 Å². The summed E-state index contributed by atoms with van der Waals surface area (Å²) in [7, 11) is 6.35. The molecule has 0 fully saturated rings. The molecule has 0 aliphatic carbocycles. The predicted octanol–water partition coefficient (Wildman–Crippen LogP) is 6.79. The zero-order valence-corrected chi connectivity index (χ0v) is 23.2. The monoisotopic (exact) mass is 400 g/mol. The van der Waals surface area contributed by atoms with Crippen LogP contribution in [0.1, 0.15) is 103 Å². The largest absolute Gasteiger partial charge is 0.124 e. The highest BCUT2D eigenvalue weighted by atomic mass is 14.5. The van der Waals surface area contributed by atoms with Gasteiger partial charge in [-0.2, -0.15) is 0 Å². The van der Waals surface area contributed by atoms with Crippen molar-refractivity contribution >= 4 is 23.0 Å². The summed E-state index contributed by atoms with van der Waals surface area (Å²) in [4.78, 5) is 0. The maximum Gasteiger partial charge on any atom is 0.124 e. The number of hydrogen-bond donors (Lipinski definition) is 0. The van der Waals surface area contributed by atoms with Gasteiger partial charge in [0, 0.05) is 0 Å². The molecule has 0 saturated carbocycles. The van der Waals surface area contributed by atoms with Gasteiger partial charge in [0.2, 0.25) is 0 Å². The van der Waals surface area contributed by atoms with Crippen LogP contribution in [0.25, 0.3) is 0 Å². The van der Waals surface area contributed by atoms with Crippen molar-refractivity contribution in [2.24, 2.45) is 33.5 Å². The molecule has 29 heavy (non-hydrogen) atoms. The van der Waals surface area contributed by atoms with Crippen LogP contribution in [0.2, 0.25) is 17.4 Å². The molecular weight excluding hydrogens is 345 g/mol. The van der Waals surface area contributed by atoms with E-state index in [-0.39, 0.29) is 5.41 Å². The molecule has 168 valence electrons. The van der Waals surface area contributed by atoms with Crippen molar-refractivity contribution in [3.63, 3.8) is 0 Å². The van der Waals surface area contributed by atoms with E-state index in [0.29, 0.717) is 33.3 Å². The summed E-state index contributed by atoms with van der Waals surface area (Å²) in [6.45, 7) is 31.9. The Morgan fingerprint density at radius 1 is 0.862 bits per heavy atom. The third-order valence-corrected chi connectivity index (χ3v) is 9.96. The number of allylic oxidation sites excluding steroid dienone is 2. The van der Waals surface area contributed by atoms with Gasteiger partial charge >= 0.3 is 0 Å². The fourth-order valence-corrected chi connectivity index (χ4v) is 5.33. The van der Waals surface area contributed by atoms with Gasteiger partial charge in [-0.05, 0) is 40.4 Å². The van der Waals surface area contributed by atoms with Crippen LogP contribution in [0.15, 0.2) is 12.2 Å². The topological polar surface area (TPSA) is 0 Å². The van der Waals surface area contributed by atoms with Gasteiger partial charge < -0.3 is 0 Å². The second kappa shape index (κ2) is 10.0. The van der Waals surface area contributed by atoms with Gasteiger partial charge in [-0.15, -0.1) is 0 Å². The van der Waals surface area contributed by atoms with Gasteiger partial charge in [0.05, 0.1) is 15.7 Å².